The van der Waals surface area contributed by atoms with Crippen LogP contribution in [-0.2, 0) is 14.8 Å². The Morgan fingerprint density at radius 2 is 1.64 bits per heavy atom. The van der Waals surface area contributed by atoms with Crippen molar-refractivity contribution in [2.75, 3.05) is 15.4 Å². The fourth-order valence-corrected chi connectivity index (χ4v) is 4.14. The molecule has 0 aliphatic heterocycles. The van der Waals surface area contributed by atoms with Gasteiger partial charge in [-0.2, -0.15) is 8.42 Å². The van der Waals surface area contributed by atoms with Crippen LogP contribution in [0.5, 0.6) is 0 Å². The van der Waals surface area contributed by atoms with E-state index in [9.17, 15) is 18.0 Å². The highest BCUT2D eigenvalue weighted by Gasteiger charge is 2.21. The molecule has 0 aliphatic rings. The second-order valence-corrected chi connectivity index (χ2v) is 8.39. The fraction of sp³-hybridized carbons (Fsp3) is 0.0588. The third-order valence-corrected chi connectivity index (χ3v) is 5.92. The molecule has 0 unspecified atom stereocenters. The Bertz CT molecular complexity index is 1110. The maximum atomic E-state index is 12.5. The molecule has 2 amide bonds. The van der Waals surface area contributed by atoms with Crippen molar-refractivity contribution in [2.45, 2.75) is 11.3 Å². The lowest BCUT2D eigenvalue weighted by atomic mass is 10.2. The molecule has 144 valence electrons. The molecule has 0 saturated heterocycles. The number of carbonyl (C=O) groups is 2. The average molecular weight is 417 g/mol. The van der Waals surface area contributed by atoms with Gasteiger partial charge in [-0.3, -0.25) is 19.6 Å². The van der Waals surface area contributed by atoms with Gasteiger partial charge >= 0.3 is 0 Å². The van der Waals surface area contributed by atoms with Crippen LogP contribution in [0.1, 0.15) is 17.3 Å². The quantitative estimate of drug-likeness (QED) is 0.529. The highest BCUT2D eigenvalue weighted by Crippen LogP contribution is 2.24. The Hall–Kier alpha value is -3.31. The van der Waals surface area contributed by atoms with Crippen LogP contribution >= 0.6 is 11.3 Å². The van der Waals surface area contributed by atoms with Gasteiger partial charge in [0.25, 0.3) is 20.3 Å². The molecule has 0 aliphatic carbocycles. The van der Waals surface area contributed by atoms with Crippen molar-refractivity contribution in [2.24, 2.45) is 0 Å². The second kappa shape index (κ2) is 8.15. The smallest absolute Gasteiger partial charge is 0.291 e. The molecule has 1 aromatic heterocycles. The summed E-state index contributed by atoms with van der Waals surface area (Å²) >= 11 is 0.723. The standard InChI is InChI=1S/C17H15N5O4S2/c1-11(23)18-13-8-5-9-14(10-13)22-28(25,26)17-21-20-16(27-17)19-15(24)12-6-3-2-4-7-12/h2-10,22H,1H3,(H,18,23)(H,19,20,24). The molecule has 0 fully saturated rings. The number of hydrogen-bond donors (Lipinski definition) is 3. The summed E-state index contributed by atoms with van der Waals surface area (Å²) in [5, 5.41) is 12.5. The molecular weight excluding hydrogens is 402 g/mol. The number of amides is 2. The molecule has 11 heteroatoms. The maximum Gasteiger partial charge on any atom is 0.291 e. The molecular formula is C17H15N5O4S2. The van der Waals surface area contributed by atoms with Gasteiger partial charge in [0.1, 0.15) is 0 Å². The predicted molar refractivity (Wildman–Crippen MR) is 106 cm³/mol. The zero-order chi connectivity index (χ0) is 20.1. The maximum absolute atomic E-state index is 12.5. The third kappa shape index (κ3) is 4.90. The van der Waals surface area contributed by atoms with Gasteiger partial charge in [-0.1, -0.05) is 35.6 Å². The minimum absolute atomic E-state index is 0.0567. The van der Waals surface area contributed by atoms with Crippen LogP contribution in [0.25, 0.3) is 0 Å². The van der Waals surface area contributed by atoms with Crippen molar-refractivity contribution in [1.29, 1.82) is 0 Å². The van der Waals surface area contributed by atoms with E-state index in [-0.39, 0.29) is 21.1 Å². The van der Waals surface area contributed by atoms with E-state index in [4.69, 9.17) is 0 Å². The first-order valence-electron chi connectivity index (χ1n) is 7.94. The summed E-state index contributed by atoms with van der Waals surface area (Å²) in [6.45, 7) is 1.35. The summed E-state index contributed by atoms with van der Waals surface area (Å²) in [4.78, 5) is 23.2. The number of sulfonamides is 1. The molecule has 0 spiro atoms. The first-order chi connectivity index (χ1) is 13.3. The van der Waals surface area contributed by atoms with Gasteiger partial charge in [-0.15, -0.1) is 10.2 Å². The van der Waals surface area contributed by atoms with Crippen molar-refractivity contribution < 1.29 is 18.0 Å². The lowest BCUT2D eigenvalue weighted by Gasteiger charge is -2.07. The van der Waals surface area contributed by atoms with Gasteiger partial charge in [0.05, 0.1) is 5.69 Å². The number of anilines is 3. The molecule has 1 heterocycles. The Labute approximate surface area is 164 Å². The number of aromatic nitrogens is 2. The van der Waals surface area contributed by atoms with Gasteiger partial charge in [0.2, 0.25) is 11.0 Å². The van der Waals surface area contributed by atoms with Crippen molar-refractivity contribution in [1.82, 2.24) is 10.2 Å². The van der Waals surface area contributed by atoms with E-state index in [1.165, 1.54) is 19.1 Å². The lowest BCUT2D eigenvalue weighted by molar-refractivity contribution is -0.114. The van der Waals surface area contributed by atoms with Gasteiger partial charge in [-0.25, -0.2) is 0 Å². The Morgan fingerprint density at radius 1 is 0.929 bits per heavy atom. The van der Waals surface area contributed by atoms with Crippen LogP contribution in [0, 0.1) is 0 Å². The predicted octanol–water partition coefficient (Wildman–Crippen LogP) is 2.55. The van der Waals surface area contributed by atoms with Crippen LogP contribution in [0.4, 0.5) is 16.5 Å². The normalized spacial score (nSPS) is 10.9. The van der Waals surface area contributed by atoms with E-state index >= 15 is 0 Å². The van der Waals surface area contributed by atoms with Crippen molar-refractivity contribution >= 4 is 49.7 Å². The first-order valence-corrected chi connectivity index (χ1v) is 10.2. The summed E-state index contributed by atoms with van der Waals surface area (Å²) in [5.74, 6) is -0.695. The summed E-state index contributed by atoms with van der Waals surface area (Å²) in [5.41, 5.74) is 1.10. The van der Waals surface area contributed by atoms with E-state index in [0.29, 0.717) is 11.3 Å². The SMILES string of the molecule is CC(=O)Nc1cccc(NS(=O)(=O)c2nnc(NC(=O)c3ccccc3)s2)c1. The highest BCUT2D eigenvalue weighted by atomic mass is 32.2. The van der Waals surface area contributed by atoms with E-state index in [1.807, 2.05) is 0 Å². The van der Waals surface area contributed by atoms with Crippen molar-refractivity contribution in [3.63, 3.8) is 0 Å². The van der Waals surface area contributed by atoms with Crippen molar-refractivity contribution in [3.05, 3.63) is 60.2 Å². The largest absolute Gasteiger partial charge is 0.326 e. The number of nitrogens with zero attached hydrogens (tertiary/aromatic N) is 2. The summed E-state index contributed by atoms with van der Waals surface area (Å²) in [6, 6.07) is 14.7. The van der Waals surface area contributed by atoms with E-state index < -0.39 is 15.9 Å². The number of benzene rings is 2. The highest BCUT2D eigenvalue weighted by molar-refractivity contribution is 7.94. The molecule has 3 N–H and O–H groups in total. The fourth-order valence-electron chi connectivity index (χ4n) is 2.19. The van der Waals surface area contributed by atoms with Gasteiger partial charge in [0.15, 0.2) is 0 Å². The number of hydrogen-bond acceptors (Lipinski definition) is 7. The van der Waals surface area contributed by atoms with Crippen LogP contribution in [0.15, 0.2) is 58.9 Å². The van der Waals surface area contributed by atoms with E-state index in [1.54, 1.807) is 42.5 Å². The number of carbonyl (C=O) groups excluding carboxylic acids is 2. The van der Waals surface area contributed by atoms with E-state index in [0.717, 1.165) is 11.3 Å². The molecule has 28 heavy (non-hydrogen) atoms. The lowest BCUT2D eigenvalue weighted by Crippen LogP contribution is -2.13. The van der Waals surface area contributed by atoms with Crippen molar-refractivity contribution in [3.8, 4) is 0 Å². The Balaban J connectivity index is 1.73. The van der Waals surface area contributed by atoms with Crippen LogP contribution in [0.2, 0.25) is 0 Å². The zero-order valence-electron chi connectivity index (χ0n) is 14.5. The second-order valence-electron chi connectivity index (χ2n) is 5.56. The van der Waals surface area contributed by atoms with Gasteiger partial charge in [0, 0.05) is 18.2 Å². The molecule has 0 radical (unpaired) electrons. The molecule has 9 nitrogen and oxygen atoms in total. The summed E-state index contributed by atoms with van der Waals surface area (Å²) < 4.78 is 27.1. The zero-order valence-corrected chi connectivity index (χ0v) is 16.2. The topological polar surface area (TPSA) is 130 Å². The number of rotatable bonds is 6. The molecule has 0 bridgehead atoms. The summed E-state index contributed by atoms with van der Waals surface area (Å²) in [7, 11) is -4.01. The molecule has 2 aromatic carbocycles. The van der Waals surface area contributed by atoms with E-state index in [2.05, 4.69) is 25.6 Å². The Morgan fingerprint density at radius 3 is 2.36 bits per heavy atom. The average Bonchev–Trinajstić information content (AvgIpc) is 3.11. The third-order valence-electron chi connectivity index (χ3n) is 3.33. The van der Waals surface area contributed by atoms with Gasteiger partial charge < -0.3 is 5.32 Å². The van der Waals surface area contributed by atoms with Crippen LogP contribution in [-0.4, -0.2) is 30.4 Å². The minimum atomic E-state index is -4.01. The first kappa shape index (κ1) is 19.5. The molecule has 0 atom stereocenters. The minimum Gasteiger partial charge on any atom is -0.326 e. The molecule has 3 aromatic rings. The molecule has 0 saturated carbocycles. The summed E-state index contributed by atoms with van der Waals surface area (Å²) in [6.07, 6.45) is 0. The van der Waals surface area contributed by atoms with Gasteiger partial charge in [-0.05, 0) is 30.3 Å². The monoisotopic (exact) mass is 417 g/mol. The Kier molecular flexibility index (Phi) is 5.66. The van der Waals surface area contributed by atoms with Crippen LogP contribution in [0.3, 0.4) is 0 Å². The van der Waals surface area contributed by atoms with Crippen LogP contribution < -0.4 is 15.4 Å². The molecule has 3 rings (SSSR count). The number of nitrogens with one attached hydrogen (secondary N) is 3.